The van der Waals surface area contributed by atoms with Crippen molar-refractivity contribution in [3.05, 3.63) is 36.5 Å². The molecule has 1 rings (SSSR count). The van der Waals surface area contributed by atoms with Gasteiger partial charge < -0.3 is 45.1 Å². The Morgan fingerprint density at radius 1 is 0.424 bits per heavy atom. The van der Waals surface area contributed by atoms with E-state index in [0.717, 1.165) is 64.2 Å². The standard InChI is InChI=1S/C81H153NO10/c1-4-7-10-13-16-19-22-25-27-29-31-33-35-37-38-39-41-43-45-47-49-51-54-57-60-63-66-69-76(86)92-79-78(88)77(87)75(70-83)91-81(79)90-71-72(73(84)67-64-61-58-55-52-24-21-18-15-12-9-6-3)82-80(89)74(85)68-65-62-59-56-53-50-48-46-44-42-40-36-34-32-30-28-26-23-20-17-14-11-8-5-2/h17,20,26,28,64,67,72-75,77-79,81,83-85,87-88H,4-16,18-19,21-25,27,29-63,65-66,68-71H2,1-3H3,(H,82,89)/b20-17-,28-26-,67-64+. The largest absolute Gasteiger partial charge is 0.454 e. The second-order valence-electron chi connectivity index (χ2n) is 28.2. The average molecular weight is 1300 g/mol. The number of aliphatic hydroxyl groups excluding tert-OH is 5. The van der Waals surface area contributed by atoms with Crippen molar-refractivity contribution in [3.8, 4) is 0 Å². The van der Waals surface area contributed by atoms with Crippen LogP contribution >= 0.6 is 0 Å². The molecule has 0 aromatic rings. The van der Waals surface area contributed by atoms with E-state index in [9.17, 15) is 35.1 Å². The molecule has 1 heterocycles. The maximum atomic E-state index is 13.5. The van der Waals surface area contributed by atoms with Crippen LogP contribution in [0, 0.1) is 0 Å². The van der Waals surface area contributed by atoms with E-state index in [1.54, 1.807) is 6.08 Å². The Morgan fingerprint density at radius 3 is 1.13 bits per heavy atom. The van der Waals surface area contributed by atoms with Crippen molar-refractivity contribution in [1.82, 2.24) is 5.32 Å². The van der Waals surface area contributed by atoms with Crippen molar-refractivity contribution < 1.29 is 49.3 Å². The van der Waals surface area contributed by atoms with Gasteiger partial charge in [-0.3, -0.25) is 9.59 Å². The first-order chi connectivity index (χ1) is 45.2. The summed E-state index contributed by atoms with van der Waals surface area (Å²) in [7, 11) is 0. The van der Waals surface area contributed by atoms with E-state index in [1.165, 1.54) is 295 Å². The number of esters is 1. The third-order valence-corrected chi connectivity index (χ3v) is 19.3. The van der Waals surface area contributed by atoms with Crippen molar-refractivity contribution in [2.45, 2.75) is 455 Å². The van der Waals surface area contributed by atoms with E-state index in [4.69, 9.17) is 14.2 Å². The topological polar surface area (TPSA) is 175 Å². The summed E-state index contributed by atoms with van der Waals surface area (Å²) < 4.78 is 17.8. The lowest BCUT2D eigenvalue weighted by Crippen LogP contribution is -2.61. The van der Waals surface area contributed by atoms with E-state index in [-0.39, 0.29) is 13.0 Å². The zero-order valence-electron chi connectivity index (χ0n) is 60.7. The molecule has 1 aliphatic heterocycles. The van der Waals surface area contributed by atoms with Crippen LogP contribution in [0.1, 0.15) is 406 Å². The molecule has 0 aromatic carbocycles. The SMILES string of the molecule is CCCCC/C=C\C/C=C\CCCCCCCCCCCCCCCCC(O)C(=O)NC(COC1OC(CO)C(O)C(O)C1OC(=O)CCCCCCCCCCCCCCCCCCCCCCCCCCCCC)C(O)/C=C/CCCCCCCCCCCC. The molecule has 11 nitrogen and oxygen atoms in total. The van der Waals surface area contributed by atoms with Gasteiger partial charge in [-0.05, 0) is 57.8 Å². The summed E-state index contributed by atoms with van der Waals surface area (Å²) in [6, 6.07) is -1.02. The van der Waals surface area contributed by atoms with E-state index >= 15 is 0 Å². The summed E-state index contributed by atoms with van der Waals surface area (Å²) in [5, 5.41) is 57.4. The molecule has 0 saturated carbocycles. The van der Waals surface area contributed by atoms with E-state index < -0.39 is 67.4 Å². The number of rotatable bonds is 71. The fourth-order valence-corrected chi connectivity index (χ4v) is 13.0. The Hall–Kier alpha value is -2.12. The molecule has 8 unspecified atom stereocenters. The maximum absolute atomic E-state index is 13.5. The summed E-state index contributed by atoms with van der Waals surface area (Å²) in [6.45, 7) is 5.84. The van der Waals surface area contributed by atoms with Crippen molar-refractivity contribution in [3.63, 3.8) is 0 Å². The van der Waals surface area contributed by atoms with Crippen LogP contribution in [0.5, 0.6) is 0 Å². The van der Waals surface area contributed by atoms with Crippen LogP contribution in [0.15, 0.2) is 36.5 Å². The number of nitrogens with one attached hydrogen (secondary N) is 1. The molecular formula is C81H153NO10. The minimum Gasteiger partial charge on any atom is -0.454 e. The van der Waals surface area contributed by atoms with Crippen molar-refractivity contribution in [1.29, 1.82) is 0 Å². The Morgan fingerprint density at radius 2 is 0.750 bits per heavy atom. The van der Waals surface area contributed by atoms with Gasteiger partial charge in [-0.25, -0.2) is 0 Å². The lowest BCUT2D eigenvalue weighted by Gasteiger charge is -2.41. The molecule has 0 radical (unpaired) electrons. The normalized spacial score (nSPS) is 18.0. The summed E-state index contributed by atoms with van der Waals surface area (Å²) >= 11 is 0. The van der Waals surface area contributed by atoms with Gasteiger partial charge in [-0.1, -0.05) is 378 Å². The minimum atomic E-state index is -1.61. The predicted molar refractivity (Wildman–Crippen MR) is 389 cm³/mol. The second kappa shape index (κ2) is 68.8. The Bertz CT molecular complexity index is 1640. The number of unbranched alkanes of at least 4 members (excludes halogenated alkanes) is 53. The zero-order valence-corrected chi connectivity index (χ0v) is 60.7. The lowest BCUT2D eigenvalue weighted by molar-refractivity contribution is -0.305. The first-order valence-corrected chi connectivity index (χ1v) is 40.3. The molecule has 1 aliphatic rings. The van der Waals surface area contributed by atoms with Crippen LogP contribution in [-0.4, -0.2) is 99.6 Å². The Labute approximate surface area is 568 Å². The third-order valence-electron chi connectivity index (χ3n) is 19.3. The number of ether oxygens (including phenoxy) is 3. The molecule has 542 valence electrons. The van der Waals surface area contributed by atoms with E-state index in [2.05, 4.69) is 50.4 Å². The van der Waals surface area contributed by atoms with Gasteiger partial charge in [-0.2, -0.15) is 0 Å². The molecule has 0 spiro atoms. The highest BCUT2D eigenvalue weighted by Crippen LogP contribution is 2.27. The van der Waals surface area contributed by atoms with Gasteiger partial charge in [-0.15, -0.1) is 0 Å². The highest BCUT2D eigenvalue weighted by atomic mass is 16.7. The van der Waals surface area contributed by atoms with Gasteiger partial charge in [0, 0.05) is 6.42 Å². The molecule has 92 heavy (non-hydrogen) atoms. The highest BCUT2D eigenvalue weighted by molar-refractivity contribution is 5.80. The van der Waals surface area contributed by atoms with E-state index in [0.29, 0.717) is 19.3 Å². The summed E-state index contributed by atoms with van der Waals surface area (Å²) in [5.41, 5.74) is 0. The van der Waals surface area contributed by atoms with Crippen LogP contribution < -0.4 is 5.32 Å². The van der Waals surface area contributed by atoms with Gasteiger partial charge in [0.05, 0.1) is 25.4 Å². The zero-order chi connectivity index (χ0) is 66.7. The third kappa shape index (κ3) is 54.9. The van der Waals surface area contributed by atoms with Crippen LogP contribution in [-0.2, 0) is 23.8 Å². The molecule has 1 amide bonds. The molecule has 1 fully saturated rings. The molecule has 6 N–H and O–H groups in total. The summed E-state index contributed by atoms with van der Waals surface area (Å²) in [6.07, 6.45) is 76.4. The minimum absolute atomic E-state index is 0.130. The molecule has 11 heteroatoms. The monoisotopic (exact) mass is 1300 g/mol. The van der Waals surface area contributed by atoms with Gasteiger partial charge in [0.15, 0.2) is 12.4 Å². The molecule has 0 aromatic heterocycles. The van der Waals surface area contributed by atoms with Crippen molar-refractivity contribution >= 4 is 11.9 Å². The number of carbonyl (C=O) groups excluding carboxylic acids is 2. The number of hydrogen-bond acceptors (Lipinski definition) is 10. The van der Waals surface area contributed by atoms with Gasteiger partial charge in [0.25, 0.3) is 0 Å². The van der Waals surface area contributed by atoms with Crippen LogP contribution in [0.2, 0.25) is 0 Å². The Balaban J connectivity index is 2.47. The van der Waals surface area contributed by atoms with Crippen molar-refractivity contribution in [2.75, 3.05) is 13.2 Å². The number of amides is 1. The van der Waals surface area contributed by atoms with Gasteiger partial charge in [0.1, 0.15) is 24.4 Å². The quantitative estimate of drug-likeness (QED) is 0.0195. The fourth-order valence-electron chi connectivity index (χ4n) is 13.0. The highest BCUT2D eigenvalue weighted by Gasteiger charge is 2.47. The Kier molecular flexibility index (Phi) is 65.7. The number of aliphatic hydroxyl groups is 5. The van der Waals surface area contributed by atoms with Crippen LogP contribution in [0.3, 0.4) is 0 Å². The molecule has 8 atom stereocenters. The van der Waals surface area contributed by atoms with Gasteiger partial charge in [0.2, 0.25) is 5.91 Å². The van der Waals surface area contributed by atoms with E-state index in [1.807, 2.05) is 6.08 Å². The first-order valence-electron chi connectivity index (χ1n) is 40.3. The summed E-state index contributed by atoms with van der Waals surface area (Å²) in [5.74, 6) is -1.17. The predicted octanol–water partition coefficient (Wildman–Crippen LogP) is 21.7. The number of allylic oxidation sites excluding steroid dienone is 5. The average Bonchev–Trinajstić information content (AvgIpc) is 0.928. The molecule has 0 aliphatic carbocycles. The lowest BCUT2D eigenvalue weighted by atomic mass is 9.99. The smallest absolute Gasteiger partial charge is 0.306 e. The number of hydrogen-bond donors (Lipinski definition) is 6. The maximum Gasteiger partial charge on any atom is 0.306 e. The molecular weight excluding hydrogens is 1150 g/mol. The summed E-state index contributed by atoms with van der Waals surface area (Å²) in [4.78, 5) is 26.8. The van der Waals surface area contributed by atoms with Crippen LogP contribution in [0.4, 0.5) is 0 Å². The fraction of sp³-hybridized carbons (Fsp3) is 0.901. The first kappa shape index (κ1) is 87.9. The molecule has 1 saturated heterocycles. The molecule has 0 bridgehead atoms. The van der Waals surface area contributed by atoms with Crippen LogP contribution in [0.25, 0.3) is 0 Å². The van der Waals surface area contributed by atoms with Crippen molar-refractivity contribution in [2.24, 2.45) is 0 Å². The number of carbonyl (C=O) groups is 2. The second-order valence-corrected chi connectivity index (χ2v) is 28.2. The van der Waals surface area contributed by atoms with Gasteiger partial charge >= 0.3 is 5.97 Å².